The van der Waals surface area contributed by atoms with Gasteiger partial charge in [-0.05, 0) is 32.6 Å². The van der Waals surface area contributed by atoms with E-state index in [9.17, 15) is 5.11 Å². The van der Waals surface area contributed by atoms with Gasteiger partial charge in [0.15, 0.2) is 5.96 Å². The zero-order valence-electron chi connectivity index (χ0n) is 13.1. The Kier molecular flexibility index (Phi) is 6.73. The van der Waals surface area contributed by atoms with E-state index in [2.05, 4.69) is 17.6 Å². The van der Waals surface area contributed by atoms with Crippen LogP contribution in [0.15, 0.2) is 4.99 Å². The minimum absolute atomic E-state index is 0.000952. The molecule has 0 amide bonds. The fraction of sp³-hybridized carbons (Fsp3) is 0.933. The summed E-state index contributed by atoms with van der Waals surface area (Å²) in [4.78, 5) is 4.69. The third-order valence-corrected chi connectivity index (χ3v) is 4.27. The van der Waals surface area contributed by atoms with Crippen molar-refractivity contribution in [3.63, 3.8) is 0 Å². The van der Waals surface area contributed by atoms with Crippen LogP contribution in [0.25, 0.3) is 0 Å². The van der Waals surface area contributed by atoms with Crippen molar-refractivity contribution in [2.45, 2.75) is 38.7 Å². The van der Waals surface area contributed by atoms with Crippen LogP contribution in [-0.4, -0.2) is 63.2 Å². The van der Waals surface area contributed by atoms with E-state index in [1.54, 1.807) is 0 Å². The first-order valence-corrected chi connectivity index (χ1v) is 8.10. The predicted molar refractivity (Wildman–Crippen MR) is 82.5 cm³/mol. The maximum atomic E-state index is 9.26. The van der Waals surface area contributed by atoms with Crippen molar-refractivity contribution in [2.75, 3.05) is 46.1 Å². The third-order valence-electron chi connectivity index (χ3n) is 4.27. The summed E-state index contributed by atoms with van der Waals surface area (Å²) in [5.74, 6) is 0.831. The van der Waals surface area contributed by atoms with Crippen molar-refractivity contribution in [1.29, 1.82) is 0 Å². The van der Waals surface area contributed by atoms with E-state index in [1.807, 2.05) is 0 Å². The monoisotopic (exact) mass is 299 g/mol. The first-order valence-electron chi connectivity index (χ1n) is 8.10. The standard InChI is InChI=1S/C15H29N3O3/c1-2-16-14(17-10-13-4-3-8-21-13)18-11-15(5-7-19)6-9-20-12-15/h13,19H,2-12H2,1H3,(H2,16,17,18). The Hall–Kier alpha value is -0.850. The van der Waals surface area contributed by atoms with Gasteiger partial charge in [-0.2, -0.15) is 0 Å². The van der Waals surface area contributed by atoms with Gasteiger partial charge < -0.3 is 25.2 Å². The van der Waals surface area contributed by atoms with Crippen molar-refractivity contribution in [3.8, 4) is 0 Å². The fourth-order valence-electron chi connectivity index (χ4n) is 2.89. The molecule has 0 bridgehead atoms. The highest BCUT2D eigenvalue weighted by Crippen LogP contribution is 2.32. The van der Waals surface area contributed by atoms with Gasteiger partial charge in [0.05, 0.1) is 19.3 Å². The van der Waals surface area contributed by atoms with E-state index in [0.29, 0.717) is 19.3 Å². The van der Waals surface area contributed by atoms with E-state index in [1.165, 1.54) is 0 Å². The lowest BCUT2D eigenvalue weighted by Gasteiger charge is -2.25. The summed E-state index contributed by atoms with van der Waals surface area (Å²) in [6.07, 6.45) is 4.30. The summed E-state index contributed by atoms with van der Waals surface area (Å²) in [5, 5.41) is 15.9. The molecule has 0 aromatic rings. The molecule has 122 valence electrons. The zero-order chi connectivity index (χ0) is 15.0. The van der Waals surface area contributed by atoms with Gasteiger partial charge >= 0.3 is 0 Å². The highest BCUT2D eigenvalue weighted by atomic mass is 16.5. The molecule has 2 unspecified atom stereocenters. The van der Waals surface area contributed by atoms with Crippen LogP contribution in [0.3, 0.4) is 0 Å². The first-order chi connectivity index (χ1) is 10.3. The lowest BCUT2D eigenvalue weighted by Crippen LogP contribution is -2.42. The summed E-state index contributed by atoms with van der Waals surface area (Å²) in [6.45, 7) is 6.92. The van der Waals surface area contributed by atoms with Crippen LogP contribution in [0.5, 0.6) is 0 Å². The quantitative estimate of drug-likeness (QED) is 0.472. The number of rotatable bonds is 7. The molecule has 3 N–H and O–H groups in total. The molecule has 2 saturated heterocycles. The smallest absolute Gasteiger partial charge is 0.191 e. The average Bonchev–Trinajstić information content (AvgIpc) is 3.14. The Labute approximate surface area is 127 Å². The lowest BCUT2D eigenvalue weighted by atomic mass is 9.84. The highest BCUT2D eigenvalue weighted by molar-refractivity contribution is 5.79. The predicted octanol–water partition coefficient (Wildman–Crippen LogP) is 0.510. The number of nitrogens with one attached hydrogen (secondary N) is 2. The highest BCUT2D eigenvalue weighted by Gasteiger charge is 2.34. The van der Waals surface area contributed by atoms with E-state index < -0.39 is 0 Å². The molecule has 2 aliphatic heterocycles. The number of nitrogens with zero attached hydrogens (tertiary/aromatic N) is 1. The summed E-state index contributed by atoms with van der Waals surface area (Å²) in [7, 11) is 0. The van der Waals surface area contributed by atoms with E-state index in [0.717, 1.165) is 57.9 Å². The maximum Gasteiger partial charge on any atom is 0.191 e. The summed E-state index contributed by atoms with van der Waals surface area (Å²) in [6, 6.07) is 0. The van der Waals surface area contributed by atoms with Crippen LogP contribution >= 0.6 is 0 Å². The van der Waals surface area contributed by atoms with Gasteiger partial charge in [0.2, 0.25) is 0 Å². The number of hydrogen-bond acceptors (Lipinski definition) is 4. The molecule has 0 aromatic carbocycles. The minimum Gasteiger partial charge on any atom is -0.396 e. The number of aliphatic imine (C=N–C) groups is 1. The summed E-state index contributed by atoms with van der Waals surface area (Å²) >= 11 is 0. The van der Waals surface area contributed by atoms with Gasteiger partial charge in [0.25, 0.3) is 0 Å². The van der Waals surface area contributed by atoms with Crippen molar-refractivity contribution >= 4 is 5.96 Å². The Balaban J connectivity index is 1.85. The largest absolute Gasteiger partial charge is 0.396 e. The van der Waals surface area contributed by atoms with E-state index >= 15 is 0 Å². The van der Waals surface area contributed by atoms with Gasteiger partial charge in [-0.1, -0.05) is 0 Å². The van der Waals surface area contributed by atoms with Gasteiger partial charge in [-0.25, -0.2) is 0 Å². The molecular formula is C15H29N3O3. The molecule has 0 radical (unpaired) electrons. The van der Waals surface area contributed by atoms with Crippen LogP contribution in [-0.2, 0) is 9.47 Å². The number of aliphatic hydroxyl groups is 1. The molecule has 2 heterocycles. The van der Waals surface area contributed by atoms with Crippen LogP contribution in [0, 0.1) is 5.41 Å². The molecule has 0 saturated carbocycles. The first kappa shape index (κ1) is 16.5. The Bertz CT molecular complexity index is 324. The van der Waals surface area contributed by atoms with Gasteiger partial charge in [-0.15, -0.1) is 0 Å². The van der Waals surface area contributed by atoms with E-state index in [4.69, 9.17) is 14.5 Å². The van der Waals surface area contributed by atoms with Crippen molar-refractivity contribution in [1.82, 2.24) is 10.6 Å². The molecule has 2 atom stereocenters. The number of hydrogen-bond donors (Lipinski definition) is 3. The molecular weight excluding hydrogens is 270 g/mol. The maximum absolute atomic E-state index is 9.26. The molecule has 6 nitrogen and oxygen atoms in total. The van der Waals surface area contributed by atoms with Crippen LogP contribution in [0.1, 0.15) is 32.6 Å². The topological polar surface area (TPSA) is 75.1 Å². The summed E-state index contributed by atoms with van der Waals surface area (Å²) in [5.41, 5.74) is 0.000952. The van der Waals surface area contributed by atoms with Crippen LogP contribution < -0.4 is 10.6 Å². The third kappa shape index (κ3) is 5.13. The Morgan fingerprint density at radius 3 is 2.90 bits per heavy atom. The van der Waals surface area contributed by atoms with Gasteiger partial charge in [0, 0.05) is 38.3 Å². The summed E-state index contributed by atoms with van der Waals surface area (Å²) < 4.78 is 11.1. The normalized spacial score (nSPS) is 29.8. The number of ether oxygens (including phenoxy) is 2. The molecule has 2 rings (SSSR count). The molecule has 6 heteroatoms. The van der Waals surface area contributed by atoms with Gasteiger partial charge in [0.1, 0.15) is 0 Å². The molecule has 0 aliphatic carbocycles. The second kappa shape index (κ2) is 8.56. The molecule has 0 aromatic heterocycles. The second-order valence-electron chi connectivity index (χ2n) is 5.99. The van der Waals surface area contributed by atoms with Gasteiger partial charge in [-0.3, -0.25) is 4.99 Å². The number of guanidine groups is 1. The van der Waals surface area contributed by atoms with Crippen molar-refractivity contribution in [3.05, 3.63) is 0 Å². The molecule has 0 spiro atoms. The Morgan fingerprint density at radius 1 is 1.38 bits per heavy atom. The average molecular weight is 299 g/mol. The van der Waals surface area contributed by atoms with Crippen molar-refractivity contribution in [2.24, 2.45) is 10.4 Å². The van der Waals surface area contributed by atoms with E-state index in [-0.39, 0.29) is 12.0 Å². The zero-order valence-corrected chi connectivity index (χ0v) is 13.1. The minimum atomic E-state index is 0.000952. The van der Waals surface area contributed by atoms with Crippen LogP contribution in [0.4, 0.5) is 0 Å². The lowest BCUT2D eigenvalue weighted by molar-refractivity contribution is 0.113. The molecule has 2 fully saturated rings. The second-order valence-corrected chi connectivity index (χ2v) is 5.99. The van der Waals surface area contributed by atoms with Crippen LogP contribution in [0.2, 0.25) is 0 Å². The Morgan fingerprint density at radius 2 is 2.29 bits per heavy atom. The molecule has 2 aliphatic rings. The SMILES string of the molecule is CCNC(=NCC1(CCO)CCOC1)NCC1CCCO1. The van der Waals surface area contributed by atoms with Crippen molar-refractivity contribution < 1.29 is 14.6 Å². The number of aliphatic hydroxyl groups excluding tert-OH is 1. The molecule has 21 heavy (non-hydrogen) atoms. The fourth-order valence-corrected chi connectivity index (χ4v) is 2.89.